The van der Waals surface area contributed by atoms with E-state index in [4.69, 9.17) is 5.11 Å². The zero-order chi connectivity index (χ0) is 15.8. The molecule has 0 heterocycles. The molecular weight excluding hydrogens is 346 g/mol. The van der Waals surface area contributed by atoms with Gasteiger partial charge in [-0.3, -0.25) is 9.69 Å². The maximum Gasteiger partial charge on any atom is 0.251 e. The first-order valence-corrected chi connectivity index (χ1v) is 7.32. The van der Waals surface area contributed by atoms with E-state index in [-0.39, 0.29) is 25.6 Å². The predicted octanol–water partition coefficient (Wildman–Crippen LogP) is 1.97. The molecule has 0 atom stereocenters. The van der Waals surface area contributed by atoms with E-state index in [0.29, 0.717) is 6.54 Å². The number of nitrogens with zero attached hydrogens (tertiary/aromatic N) is 2. The maximum absolute atomic E-state index is 12.4. The first kappa shape index (κ1) is 18.0. The molecule has 0 saturated carbocycles. The largest absolute Gasteiger partial charge is 0.395 e. The maximum atomic E-state index is 12.4. The first-order valence-electron chi connectivity index (χ1n) is 6.52. The third-order valence-corrected chi connectivity index (χ3v) is 3.74. The van der Waals surface area contributed by atoms with Gasteiger partial charge in [0.2, 0.25) is 5.91 Å². The van der Waals surface area contributed by atoms with Crippen molar-refractivity contribution in [3.05, 3.63) is 34.3 Å². The molecule has 0 aliphatic heterocycles. The number of carbonyl (C=O) groups excluding carboxylic acids is 1. The molecule has 0 aliphatic rings. The Morgan fingerprint density at radius 3 is 2.62 bits per heavy atom. The van der Waals surface area contributed by atoms with Crippen LogP contribution in [0.25, 0.3) is 0 Å². The molecule has 1 aromatic rings. The quantitative estimate of drug-likeness (QED) is 0.766. The Kier molecular flexibility index (Phi) is 7.77. The van der Waals surface area contributed by atoms with Crippen LogP contribution < -0.4 is 0 Å². The van der Waals surface area contributed by atoms with Gasteiger partial charge in [0.1, 0.15) is 0 Å². The molecule has 1 amide bonds. The van der Waals surface area contributed by atoms with Crippen molar-refractivity contribution in [1.29, 1.82) is 0 Å². The second-order valence-corrected chi connectivity index (χ2v) is 5.55. The zero-order valence-electron chi connectivity index (χ0n) is 11.8. The van der Waals surface area contributed by atoms with E-state index in [1.165, 1.54) is 9.80 Å². The highest BCUT2D eigenvalue weighted by atomic mass is 79.9. The van der Waals surface area contributed by atoms with Crippen LogP contribution in [0, 0.1) is 0 Å². The van der Waals surface area contributed by atoms with Gasteiger partial charge in [0.05, 0.1) is 19.7 Å². The lowest BCUT2D eigenvalue weighted by Crippen LogP contribution is -2.41. The van der Waals surface area contributed by atoms with E-state index in [0.717, 1.165) is 10.0 Å². The second-order valence-electron chi connectivity index (χ2n) is 4.69. The van der Waals surface area contributed by atoms with Crippen LogP contribution in [0.1, 0.15) is 5.56 Å². The summed E-state index contributed by atoms with van der Waals surface area (Å²) >= 11 is 3.40. The van der Waals surface area contributed by atoms with Crippen LogP contribution >= 0.6 is 15.9 Å². The first-order chi connectivity index (χ1) is 9.93. The smallest absolute Gasteiger partial charge is 0.251 e. The van der Waals surface area contributed by atoms with E-state index in [9.17, 15) is 13.6 Å². The Morgan fingerprint density at radius 1 is 1.38 bits per heavy atom. The zero-order valence-corrected chi connectivity index (χ0v) is 13.4. The van der Waals surface area contributed by atoms with Crippen LogP contribution in [-0.2, 0) is 11.3 Å². The molecule has 21 heavy (non-hydrogen) atoms. The molecular formula is C14H19BrF2N2O2. The summed E-state index contributed by atoms with van der Waals surface area (Å²) in [6.45, 7) is -0.462. The molecule has 7 heteroatoms. The molecule has 118 valence electrons. The average Bonchev–Trinajstić information content (AvgIpc) is 2.40. The van der Waals surface area contributed by atoms with E-state index in [1.807, 2.05) is 24.3 Å². The van der Waals surface area contributed by atoms with Crippen molar-refractivity contribution in [2.24, 2.45) is 0 Å². The fraction of sp³-hybridized carbons (Fsp3) is 0.500. The van der Waals surface area contributed by atoms with Gasteiger partial charge in [-0.2, -0.15) is 0 Å². The fourth-order valence-electron chi connectivity index (χ4n) is 1.85. The number of hydrogen-bond donors (Lipinski definition) is 1. The number of rotatable bonds is 8. The molecule has 0 saturated heterocycles. The molecule has 1 aromatic carbocycles. The van der Waals surface area contributed by atoms with E-state index >= 15 is 0 Å². The summed E-state index contributed by atoms with van der Waals surface area (Å²) in [6.07, 6.45) is -2.53. The highest BCUT2D eigenvalue weighted by molar-refractivity contribution is 9.10. The summed E-state index contributed by atoms with van der Waals surface area (Å²) in [7, 11) is 1.63. The molecule has 0 bridgehead atoms. The van der Waals surface area contributed by atoms with Crippen molar-refractivity contribution in [1.82, 2.24) is 9.80 Å². The topological polar surface area (TPSA) is 43.8 Å². The number of amides is 1. The predicted molar refractivity (Wildman–Crippen MR) is 80.1 cm³/mol. The number of halogens is 3. The van der Waals surface area contributed by atoms with Crippen molar-refractivity contribution in [2.45, 2.75) is 13.0 Å². The van der Waals surface area contributed by atoms with E-state index in [1.54, 1.807) is 7.05 Å². The van der Waals surface area contributed by atoms with Crippen LogP contribution in [0.4, 0.5) is 8.78 Å². The van der Waals surface area contributed by atoms with Gasteiger partial charge in [0, 0.05) is 24.6 Å². The number of aliphatic hydroxyl groups is 1. The Balaban J connectivity index is 2.58. The van der Waals surface area contributed by atoms with Crippen LogP contribution in [0.3, 0.4) is 0 Å². The van der Waals surface area contributed by atoms with Gasteiger partial charge in [-0.1, -0.05) is 34.1 Å². The Labute approximate surface area is 131 Å². The summed E-state index contributed by atoms with van der Waals surface area (Å²) in [5.41, 5.74) is 0.941. The lowest BCUT2D eigenvalue weighted by Gasteiger charge is -2.24. The summed E-state index contributed by atoms with van der Waals surface area (Å²) in [6, 6.07) is 7.51. The number of aliphatic hydroxyl groups excluding tert-OH is 1. The normalized spacial score (nSPS) is 11.2. The minimum Gasteiger partial charge on any atom is -0.395 e. The van der Waals surface area contributed by atoms with Crippen molar-refractivity contribution in [3.63, 3.8) is 0 Å². The Morgan fingerprint density at radius 2 is 2.05 bits per heavy atom. The summed E-state index contributed by atoms with van der Waals surface area (Å²) in [5.74, 6) is -0.264. The number of benzene rings is 1. The Bertz CT molecular complexity index is 460. The van der Waals surface area contributed by atoms with E-state index < -0.39 is 13.0 Å². The van der Waals surface area contributed by atoms with Crippen LogP contribution in [0.15, 0.2) is 28.7 Å². The fourth-order valence-corrected chi connectivity index (χ4v) is 2.26. The molecule has 0 fully saturated rings. The van der Waals surface area contributed by atoms with Gasteiger partial charge >= 0.3 is 0 Å². The minimum atomic E-state index is -2.53. The van der Waals surface area contributed by atoms with Crippen molar-refractivity contribution < 1.29 is 18.7 Å². The van der Waals surface area contributed by atoms with Crippen molar-refractivity contribution >= 4 is 21.8 Å². The average molecular weight is 365 g/mol. The summed E-state index contributed by atoms with van der Waals surface area (Å²) in [4.78, 5) is 14.8. The van der Waals surface area contributed by atoms with Gasteiger partial charge in [0.15, 0.2) is 0 Å². The van der Waals surface area contributed by atoms with Gasteiger partial charge < -0.3 is 10.0 Å². The molecule has 0 aliphatic carbocycles. The van der Waals surface area contributed by atoms with Crippen LogP contribution in [0.5, 0.6) is 0 Å². The van der Waals surface area contributed by atoms with Gasteiger partial charge in [0.25, 0.3) is 6.43 Å². The minimum absolute atomic E-state index is 0.0545. The number of carbonyl (C=O) groups is 1. The highest BCUT2D eigenvalue weighted by Gasteiger charge is 2.18. The molecule has 0 unspecified atom stereocenters. The second kappa shape index (κ2) is 9.07. The van der Waals surface area contributed by atoms with E-state index in [2.05, 4.69) is 15.9 Å². The van der Waals surface area contributed by atoms with Gasteiger partial charge in [-0.25, -0.2) is 8.78 Å². The Hall–Kier alpha value is -1.05. The third-order valence-electron chi connectivity index (χ3n) is 2.96. The SMILES string of the molecule is CN(Cc1ccccc1Br)C(=O)CN(CCO)CC(F)F. The molecule has 1 N–H and O–H groups in total. The summed E-state index contributed by atoms with van der Waals surface area (Å²) < 4.78 is 25.7. The third kappa shape index (κ3) is 6.50. The molecule has 1 rings (SSSR count). The van der Waals surface area contributed by atoms with Gasteiger partial charge in [-0.05, 0) is 11.6 Å². The number of alkyl halides is 2. The van der Waals surface area contributed by atoms with Crippen molar-refractivity contribution in [2.75, 3.05) is 33.3 Å². The lowest BCUT2D eigenvalue weighted by atomic mass is 10.2. The molecule has 0 spiro atoms. The number of likely N-dealkylation sites (N-methyl/N-ethyl adjacent to an activating group) is 1. The summed E-state index contributed by atoms with van der Waals surface area (Å²) in [5, 5.41) is 8.85. The monoisotopic (exact) mass is 364 g/mol. The van der Waals surface area contributed by atoms with Gasteiger partial charge in [-0.15, -0.1) is 0 Å². The molecule has 0 aromatic heterocycles. The molecule has 0 radical (unpaired) electrons. The number of hydrogen-bond acceptors (Lipinski definition) is 3. The highest BCUT2D eigenvalue weighted by Crippen LogP contribution is 2.17. The molecule has 4 nitrogen and oxygen atoms in total. The standard InChI is InChI=1S/C14H19BrF2N2O2/c1-18(8-11-4-2-3-5-12(11)15)14(21)10-19(6-7-20)9-13(16)17/h2-5,13,20H,6-10H2,1H3. The lowest BCUT2D eigenvalue weighted by molar-refractivity contribution is -0.132. The van der Waals surface area contributed by atoms with Crippen LogP contribution in [0.2, 0.25) is 0 Å². The van der Waals surface area contributed by atoms with Crippen LogP contribution in [-0.4, -0.2) is 60.5 Å². The van der Waals surface area contributed by atoms with Crippen molar-refractivity contribution in [3.8, 4) is 0 Å².